The Hall–Kier alpha value is -3.28. The molecule has 0 aliphatic carbocycles. The van der Waals surface area contributed by atoms with Crippen molar-refractivity contribution in [3.05, 3.63) is 72.8 Å². The summed E-state index contributed by atoms with van der Waals surface area (Å²) < 4.78 is 16.3. The molecular weight excluding hydrogens is 320 g/mol. The van der Waals surface area contributed by atoms with Crippen LogP contribution in [0.5, 0.6) is 17.4 Å². The van der Waals surface area contributed by atoms with E-state index in [2.05, 4.69) is 10.3 Å². The summed E-state index contributed by atoms with van der Waals surface area (Å²) in [6, 6.07) is 15.8. The molecule has 2 heterocycles. The molecule has 1 N–H and O–H groups in total. The number of nitrogens with one attached hydrogen (secondary N) is 1. The van der Waals surface area contributed by atoms with E-state index in [1.54, 1.807) is 48.9 Å². The minimum atomic E-state index is -0.224. The summed E-state index contributed by atoms with van der Waals surface area (Å²) in [7, 11) is 0. The van der Waals surface area contributed by atoms with Gasteiger partial charge in [0.15, 0.2) is 6.61 Å². The van der Waals surface area contributed by atoms with E-state index in [1.165, 1.54) is 0 Å². The second-order valence-corrected chi connectivity index (χ2v) is 5.33. The van der Waals surface area contributed by atoms with E-state index >= 15 is 0 Å². The van der Waals surface area contributed by atoms with Gasteiger partial charge in [0.1, 0.15) is 17.3 Å². The predicted molar refractivity (Wildman–Crippen MR) is 91.5 cm³/mol. The molecule has 1 amide bonds. The molecule has 6 nitrogen and oxygen atoms in total. The van der Waals surface area contributed by atoms with Gasteiger partial charge in [-0.1, -0.05) is 6.07 Å². The molecule has 0 saturated carbocycles. The van der Waals surface area contributed by atoms with Gasteiger partial charge < -0.3 is 19.2 Å². The van der Waals surface area contributed by atoms with Crippen LogP contribution in [0.4, 0.5) is 0 Å². The minimum absolute atomic E-state index is 0.0779. The molecule has 0 radical (unpaired) electrons. The van der Waals surface area contributed by atoms with Crippen molar-refractivity contribution in [3.8, 4) is 17.4 Å². The van der Waals surface area contributed by atoms with E-state index in [4.69, 9.17) is 13.9 Å². The third-order valence-electron chi connectivity index (χ3n) is 3.40. The molecule has 3 rings (SSSR count). The Morgan fingerprint density at radius 1 is 1.12 bits per heavy atom. The maximum atomic E-state index is 11.9. The number of nitrogens with zero attached hydrogens (tertiary/aromatic N) is 1. The predicted octanol–water partition coefficient (Wildman–Crippen LogP) is 3.72. The van der Waals surface area contributed by atoms with Crippen LogP contribution in [0.25, 0.3) is 0 Å². The summed E-state index contributed by atoms with van der Waals surface area (Å²) in [6.07, 6.45) is 3.23. The van der Waals surface area contributed by atoms with Gasteiger partial charge in [-0.2, -0.15) is 0 Å². The van der Waals surface area contributed by atoms with Crippen LogP contribution in [-0.2, 0) is 4.79 Å². The number of ether oxygens (including phenoxy) is 2. The van der Waals surface area contributed by atoms with Crippen LogP contribution >= 0.6 is 0 Å². The van der Waals surface area contributed by atoms with Crippen LogP contribution in [0, 0.1) is 0 Å². The zero-order valence-corrected chi connectivity index (χ0v) is 13.7. The van der Waals surface area contributed by atoms with Gasteiger partial charge in [-0.05, 0) is 49.4 Å². The highest BCUT2D eigenvalue weighted by molar-refractivity contribution is 5.77. The van der Waals surface area contributed by atoms with Gasteiger partial charge in [0, 0.05) is 12.3 Å². The number of amides is 1. The fraction of sp³-hybridized carbons (Fsp3) is 0.158. The Bertz CT molecular complexity index is 786. The lowest BCUT2D eigenvalue weighted by atomic mass is 10.2. The lowest BCUT2D eigenvalue weighted by molar-refractivity contribution is -0.123. The SMILES string of the molecule is CC(NC(=O)COc1ccc(Oc2ccccn2)cc1)c1ccco1. The second kappa shape index (κ2) is 8.01. The van der Waals surface area contributed by atoms with Crippen molar-refractivity contribution in [2.75, 3.05) is 6.61 Å². The lowest BCUT2D eigenvalue weighted by Gasteiger charge is -2.12. The standard InChI is InChI=1S/C19H18N2O4/c1-14(17-5-4-12-23-17)21-18(22)13-24-15-7-9-16(10-8-15)25-19-6-2-3-11-20-19/h2-12,14H,13H2,1H3,(H,21,22). The van der Waals surface area contributed by atoms with Gasteiger partial charge in [-0.15, -0.1) is 0 Å². The van der Waals surface area contributed by atoms with Crippen LogP contribution in [0.1, 0.15) is 18.7 Å². The van der Waals surface area contributed by atoms with Crippen molar-refractivity contribution in [3.63, 3.8) is 0 Å². The zero-order chi connectivity index (χ0) is 17.5. The van der Waals surface area contributed by atoms with Crippen molar-refractivity contribution in [1.29, 1.82) is 0 Å². The van der Waals surface area contributed by atoms with Crippen LogP contribution < -0.4 is 14.8 Å². The van der Waals surface area contributed by atoms with Crippen LogP contribution in [0.2, 0.25) is 0 Å². The molecule has 0 fully saturated rings. The van der Waals surface area contributed by atoms with E-state index in [9.17, 15) is 4.79 Å². The van der Waals surface area contributed by atoms with E-state index in [0.29, 0.717) is 23.1 Å². The number of carbonyl (C=O) groups excluding carboxylic acids is 1. The number of furan rings is 1. The van der Waals surface area contributed by atoms with Crippen LogP contribution in [-0.4, -0.2) is 17.5 Å². The first-order valence-electron chi connectivity index (χ1n) is 7.85. The Balaban J connectivity index is 1.47. The number of carbonyl (C=O) groups is 1. The van der Waals surface area contributed by atoms with Crippen molar-refractivity contribution < 1.29 is 18.7 Å². The molecule has 2 aromatic heterocycles. The van der Waals surface area contributed by atoms with E-state index in [1.807, 2.05) is 25.1 Å². The maximum Gasteiger partial charge on any atom is 0.258 e. The molecule has 1 aromatic carbocycles. The third kappa shape index (κ3) is 4.84. The lowest BCUT2D eigenvalue weighted by Crippen LogP contribution is -2.31. The van der Waals surface area contributed by atoms with Gasteiger partial charge in [-0.25, -0.2) is 4.98 Å². The molecule has 0 spiro atoms. The summed E-state index contributed by atoms with van der Waals surface area (Å²) in [4.78, 5) is 16.0. The van der Waals surface area contributed by atoms with Gasteiger partial charge in [0.05, 0.1) is 12.3 Å². The molecule has 1 atom stereocenters. The monoisotopic (exact) mass is 338 g/mol. The molecule has 0 bridgehead atoms. The first-order valence-corrected chi connectivity index (χ1v) is 7.85. The van der Waals surface area contributed by atoms with Crippen LogP contribution in [0.3, 0.4) is 0 Å². The first kappa shape index (κ1) is 16.6. The molecule has 128 valence electrons. The largest absolute Gasteiger partial charge is 0.484 e. The molecule has 6 heteroatoms. The Morgan fingerprint density at radius 2 is 1.92 bits per heavy atom. The normalized spacial score (nSPS) is 11.6. The number of rotatable bonds is 7. The van der Waals surface area contributed by atoms with Gasteiger partial charge in [0.25, 0.3) is 5.91 Å². The van der Waals surface area contributed by atoms with Crippen molar-refractivity contribution in [2.24, 2.45) is 0 Å². The summed E-state index contributed by atoms with van der Waals surface area (Å²) in [5.41, 5.74) is 0. The fourth-order valence-corrected chi connectivity index (χ4v) is 2.17. The number of hydrogen-bond donors (Lipinski definition) is 1. The summed E-state index contributed by atoms with van der Waals surface area (Å²) in [5, 5.41) is 2.81. The molecule has 1 unspecified atom stereocenters. The summed E-state index contributed by atoms with van der Waals surface area (Å²) in [5.74, 6) is 2.21. The van der Waals surface area contributed by atoms with E-state index in [0.717, 1.165) is 0 Å². The Morgan fingerprint density at radius 3 is 2.60 bits per heavy atom. The fourth-order valence-electron chi connectivity index (χ4n) is 2.17. The molecule has 0 saturated heterocycles. The molecule has 3 aromatic rings. The number of benzene rings is 1. The number of pyridine rings is 1. The average molecular weight is 338 g/mol. The van der Waals surface area contributed by atoms with Crippen molar-refractivity contribution in [2.45, 2.75) is 13.0 Å². The third-order valence-corrected chi connectivity index (χ3v) is 3.40. The van der Waals surface area contributed by atoms with Crippen molar-refractivity contribution in [1.82, 2.24) is 10.3 Å². The smallest absolute Gasteiger partial charge is 0.258 e. The van der Waals surface area contributed by atoms with Gasteiger partial charge in [-0.3, -0.25) is 4.79 Å². The van der Waals surface area contributed by atoms with Crippen LogP contribution in [0.15, 0.2) is 71.5 Å². The van der Waals surface area contributed by atoms with E-state index in [-0.39, 0.29) is 18.6 Å². The van der Waals surface area contributed by atoms with E-state index < -0.39 is 0 Å². The molecular formula is C19H18N2O4. The topological polar surface area (TPSA) is 73.6 Å². The van der Waals surface area contributed by atoms with Crippen molar-refractivity contribution >= 4 is 5.91 Å². The highest BCUT2D eigenvalue weighted by atomic mass is 16.5. The Kier molecular flexibility index (Phi) is 5.31. The summed E-state index contributed by atoms with van der Waals surface area (Å²) >= 11 is 0. The van der Waals surface area contributed by atoms with Gasteiger partial charge >= 0.3 is 0 Å². The molecule has 0 aliphatic rings. The second-order valence-electron chi connectivity index (χ2n) is 5.33. The highest BCUT2D eigenvalue weighted by Crippen LogP contribution is 2.22. The summed E-state index contributed by atoms with van der Waals surface area (Å²) in [6.45, 7) is 1.77. The van der Waals surface area contributed by atoms with Gasteiger partial charge in [0.2, 0.25) is 5.88 Å². The molecule has 0 aliphatic heterocycles. The minimum Gasteiger partial charge on any atom is -0.484 e. The zero-order valence-electron chi connectivity index (χ0n) is 13.7. The quantitative estimate of drug-likeness (QED) is 0.711. The maximum absolute atomic E-state index is 11.9. The average Bonchev–Trinajstić information content (AvgIpc) is 3.17. The number of hydrogen-bond acceptors (Lipinski definition) is 5. The first-order chi connectivity index (χ1) is 12.2. The highest BCUT2D eigenvalue weighted by Gasteiger charge is 2.12. The molecule has 25 heavy (non-hydrogen) atoms. The number of aromatic nitrogens is 1. The Labute approximate surface area is 145 Å².